The lowest BCUT2D eigenvalue weighted by Gasteiger charge is -2.26. The number of amides is 1. The second kappa shape index (κ2) is 6.18. The molecule has 0 radical (unpaired) electrons. The van der Waals surface area contributed by atoms with Crippen molar-refractivity contribution in [3.05, 3.63) is 19.9 Å². The number of thiophene rings is 1. The molecule has 4 heteroatoms. The lowest BCUT2D eigenvalue weighted by atomic mass is 9.82. The molecule has 2 unspecified atom stereocenters. The smallest absolute Gasteiger partial charge is 0.252 e. The molecule has 1 saturated carbocycles. The van der Waals surface area contributed by atoms with Crippen LogP contribution in [-0.4, -0.2) is 12.5 Å². The van der Waals surface area contributed by atoms with Gasteiger partial charge in [0.25, 0.3) is 5.91 Å². The summed E-state index contributed by atoms with van der Waals surface area (Å²) in [7, 11) is 0. The van der Waals surface area contributed by atoms with Crippen molar-refractivity contribution < 1.29 is 4.79 Å². The summed E-state index contributed by atoms with van der Waals surface area (Å²) in [4.78, 5) is 11.9. The summed E-state index contributed by atoms with van der Waals surface area (Å²) >= 11 is 3.87. The average Bonchev–Trinajstić information content (AvgIpc) is 2.73. The Morgan fingerprint density at radius 1 is 1.59 bits per heavy atom. The highest BCUT2D eigenvalue weighted by Crippen LogP contribution is 2.28. The maximum atomic E-state index is 11.9. The summed E-state index contributed by atoms with van der Waals surface area (Å²) < 4.78 is 1.17. The van der Waals surface area contributed by atoms with Crippen LogP contribution in [0.15, 0.2) is 11.4 Å². The zero-order valence-corrected chi connectivity index (χ0v) is 13.0. The lowest BCUT2D eigenvalue weighted by Crippen LogP contribution is -2.31. The molecule has 94 valence electrons. The van der Waals surface area contributed by atoms with Gasteiger partial charge in [0.1, 0.15) is 0 Å². The minimum absolute atomic E-state index is 0.0855. The normalized spacial score (nSPS) is 24.6. The van der Waals surface area contributed by atoms with E-state index in [0.29, 0.717) is 5.92 Å². The van der Waals surface area contributed by atoms with Gasteiger partial charge in [-0.3, -0.25) is 4.79 Å². The van der Waals surface area contributed by atoms with Crippen molar-refractivity contribution in [3.63, 3.8) is 0 Å². The molecule has 0 spiro atoms. The zero-order chi connectivity index (χ0) is 12.3. The van der Waals surface area contributed by atoms with Crippen molar-refractivity contribution in [1.82, 2.24) is 5.32 Å². The van der Waals surface area contributed by atoms with Crippen molar-refractivity contribution in [2.75, 3.05) is 6.54 Å². The van der Waals surface area contributed by atoms with E-state index in [9.17, 15) is 4.79 Å². The Kier molecular flexibility index (Phi) is 4.85. The summed E-state index contributed by atoms with van der Waals surface area (Å²) in [5.41, 5.74) is 0.809. The first-order valence-electron chi connectivity index (χ1n) is 6.17. The molecule has 2 nitrogen and oxygen atoms in total. The van der Waals surface area contributed by atoms with Gasteiger partial charge in [0.05, 0.1) is 8.45 Å². The molecule has 17 heavy (non-hydrogen) atoms. The molecule has 2 atom stereocenters. The first kappa shape index (κ1) is 13.3. The molecule has 0 saturated heterocycles. The molecule has 0 aromatic carbocycles. The Balaban J connectivity index is 1.80. The Hall–Kier alpha value is -0.100. The lowest BCUT2D eigenvalue weighted by molar-refractivity contribution is 0.0941. The molecule has 1 amide bonds. The van der Waals surface area contributed by atoms with E-state index in [2.05, 4.69) is 34.8 Å². The van der Waals surface area contributed by atoms with Crippen molar-refractivity contribution in [2.45, 2.75) is 32.6 Å². The Labute approximate surface area is 120 Å². The Morgan fingerprint density at radius 3 is 3.06 bits per heavy atom. The van der Waals surface area contributed by atoms with Gasteiger partial charge in [-0.05, 0) is 53.3 Å². The third kappa shape index (κ3) is 3.95. The van der Waals surface area contributed by atoms with E-state index < -0.39 is 0 Å². The number of hydrogen-bond acceptors (Lipinski definition) is 2. The quantitative estimate of drug-likeness (QED) is 0.811. The molecule has 1 aliphatic carbocycles. The molecule has 1 aliphatic rings. The van der Waals surface area contributed by atoms with Gasteiger partial charge in [0, 0.05) is 11.9 Å². The fraction of sp³-hybridized carbons (Fsp3) is 0.615. The van der Waals surface area contributed by atoms with Crippen molar-refractivity contribution >= 4 is 39.8 Å². The van der Waals surface area contributed by atoms with Crippen LogP contribution < -0.4 is 5.32 Å². The number of rotatable bonds is 3. The number of halogens is 1. The van der Waals surface area contributed by atoms with E-state index in [1.54, 1.807) is 11.3 Å². The standard InChI is InChI=1S/C13H18INOS/c1-9-3-2-4-10(5-9)7-15-13(16)11-6-12(14)17-8-11/h6,8-10H,2-5,7H2,1H3,(H,15,16). The number of nitrogens with one attached hydrogen (secondary N) is 1. The second-order valence-corrected chi connectivity index (χ2v) is 7.79. The summed E-state index contributed by atoms with van der Waals surface area (Å²) in [5.74, 6) is 1.59. The first-order chi connectivity index (χ1) is 8.15. The predicted molar refractivity (Wildman–Crippen MR) is 80.5 cm³/mol. The number of carbonyl (C=O) groups excluding carboxylic acids is 1. The van der Waals surface area contributed by atoms with Crippen LogP contribution in [0.4, 0.5) is 0 Å². The molecule has 0 bridgehead atoms. The molecular weight excluding hydrogens is 345 g/mol. The van der Waals surface area contributed by atoms with Crippen molar-refractivity contribution in [2.24, 2.45) is 11.8 Å². The SMILES string of the molecule is CC1CCCC(CNC(=O)c2csc(I)c2)C1. The van der Waals surface area contributed by atoms with Gasteiger partial charge in [-0.2, -0.15) is 0 Å². The van der Waals surface area contributed by atoms with Crippen molar-refractivity contribution in [3.8, 4) is 0 Å². The maximum Gasteiger partial charge on any atom is 0.252 e. The van der Waals surface area contributed by atoms with Crippen LogP contribution in [0.1, 0.15) is 43.0 Å². The van der Waals surface area contributed by atoms with Gasteiger partial charge in [-0.15, -0.1) is 11.3 Å². The molecule has 0 aliphatic heterocycles. The summed E-state index contributed by atoms with van der Waals surface area (Å²) in [5, 5.41) is 5.00. The summed E-state index contributed by atoms with van der Waals surface area (Å²) in [6.45, 7) is 3.16. The van der Waals surface area contributed by atoms with Crippen LogP contribution in [0.25, 0.3) is 0 Å². The molecule has 1 heterocycles. The molecular formula is C13H18INOS. The van der Waals surface area contributed by atoms with Crippen LogP contribution in [0.5, 0.6) is 0 Å². The highest BCUT2D eigenvalue weighted by Gasteiger charge is 2.19. The average molecular weight is 363 g/mol. The molecule has 1 fully saturated rings. The van der Waals surface area contributed by atoms with Crippen LogP contribution in [0.2, 0.25) is 0 Å². The monoisotopic (exact) mass is 363 g/mol. The fourth-order valence-electron chi connectivity index (χ4n) is 2.51. The van der Waals surface area contributed by atoms with Gasteiger partial charge in [0.15, 0.2) is 0 Å². The number of hydrogen-bond donors (Lipinski definition) is 1. The van der Waals surface area contributed by atoms with Crippen LogP contribution in [0.3, 0.4) is 0 Å². The third-order valence-electron chi connectivity index (χ3n) is 3.43. The Bertz CT molecular complexity index is 391. The molecule has 1 aromatic heterocycles. The molecule has 1 aromatic rings. The maximum absolute atomic E-state index is 11.9. The van der Waals surface area contributed by atoms with Gasteiger partial charge < -0.3 is 5.32 Å². The second-order valence-electron chi connectivity index (χ2n) is 4.99. The first-order valence-corrected chi connectivity index (χ1v) is 8.13. The fourth-order valence-corrected chi connectivity index (χ4v) is 3.84. The van der Waals surface area contributed by atoms with E-state index in [0.717, 1.165) is 18.0 Å². The van der Waals surface area contributed by atoms with E-state index in [4.69, 9.17) is 0 Å². The van der Waals surface area contributed by atoms with E-state index in [-0.39, 0.29) is 5.91 Å². The molecule has 1 N–H and O–H groups in total. The molecule has 2 rings (SSSR count). The van der Waals surface area contributed by atoms with Crippen molar-refractivity contribution in [1.29, 1.82) is 0 Å². The van der Waals surface area contributed by atoms with Gasteiger partial charge in [0.2, 0.25) is 0 Å². The van der Waals surface area contributed by atoms with Crippen LogP contribution in [-0.2, 0) is 0 Å². The number of carbonyl (C=O) groups is 1. The largest absolute Gasteiger partial charge is 0.352 e. The van der Waals surface area contributed by atoms with E-state index >= 15 is 0 Å². The minimum atomic E-state index is 0.0855. The van der Waals surface area contributed by atoms with Gasteiger partial charge in [-0.25, -0.2) is 0 Å². The van der Waals surface area contributed by atoms with Gasteiger partial charge >= 0.3 is 0 Å². The summed E-state index contributed by atoms with van der Waals surface area (Å²) in [6.07, 6.45) is 5.21. The topological polar surface area (TPSA) is 29.1 Å². The third-order valence-corrected chi connectivity index (χ3v) is 5.21. The predicted octanol–water partition coefficient (Wildman–Crippen LogP) is 3.91. The highest BCUT2D eigenvalue weighted by molar-refractivity contribution is 14.1. The Morgan fingerprint density at radius 2 is 2.41 bits per heavy atom. The highest BCUT2D eigenvalue weighted by atomic mass is 127. The van der Waals surface area contributed by atoms with Crippen LogP contribution >= 0.6 is 33.9 Å². The van der Waals surface area contributed by atoms with E-state index in [1.807, 2.05) is 11.4 Å². The van der Waals surface area contributed by atoms with Crippen LogP contribution in [0, 0.1) is 14.7 Å². The zero-order valence-electron chi connectivity index (χ0n) is 10.0. The van der Waals surface area contributed by atoms with Gasteiger partial charge in [-0.1, -0.05) is 19.8 Å². The van der Waals surface area contributed by atoms with E-state index in [1.165, 1.54) is 28.6 Å². The summed E-state index contributed by atoms with van der Waals surface area (Å²) in [6, 6.07) is 1.95. The minimum Gasteiger partial charge on any atom is -0.352 e.